The van der Waals surface area contributed by atoms with Crippen molar-refractivity contribution < 1.29 is 14.6 Å². The summed E-state index contributed by atoms with van der Waals surface area (Å²) in [5, 5.41) is 10.7. The van der Waals surface area contributed by atoms with Crippen LogP contribution in [-0.4, -0.2) is 10.9 Å². The fourth-order valence-corrected chi connectivity index (χ4v) is 3.16. The van der Waals surface area contributed by atoms with Crippen molar-refractivity contribution >= 4 is 0 Å². The van der Waals surface area contributed by atoms with Crippen LogP contribution in [0.2, 0.25) is 0 Å². The lowest BCUT2D eigenvalue weighted by Crippen LogP contribution is -2.57. The van der Waals surface area contributed by atoms with Gasteiger partial charge in [0.25, 0.3) is 0 Å². The van der Waals surface area contributed by atoms with E-state index in [1.807, 2.05) is 66.7 Å². The third-order valence-corrected chi connectivity index (χ3v) is 4.26. The molecular weight excluding hydrogens is 264 g/mol. The van der Waals surface area contributed by atoms with E-state index in [2.05, 4.69) is 0 Å². The first-order valence-electron chi connectivity index (χ1n) is 7.11. The predicted octanol–water partition coefficient (Wildman–Crippen LogP) is 3.35. The summed E-state index contributed by atoms with van der Waals surface area (Å²) < 4.78 is 11.7. The van der Waals surface area contributed by atoms with Gasteiger partial charge in [-0.15, -0.1) is 0 Å². The maximum atomic E-state index is 10.7. The second kappa shape index (κ2) is 4.72. The number of fused-ring (bicyclic) bond motifs is 1. The molecule has 3 heteroatoms. The van der Waals surface area contributed by atoms with Gasteiger partial charge in [0.05, 0.1) is 18.3 Å². The predicted molar refractivity (Wildman–Crippen MR) is 78.1 cm³/mol. The van der Waals surface area contributed by atoms with E-state index in [1.165, 1.54) is 0 Å². The zero-order valence-electron chi connectivity index (χ0n) is 11.4. The Morgan fingerprint density at radius 2 is 1.62 bits per heavy atom. The van der Waals surface area contributed by atoms with Crippen LogP contribution in [0.1, 0.15) is 23.3 Å². The highest BCUT2D eigenvalue weighted by atomic mass is 16.7. The lowest BCUT2D eigenvalue weighted by atomic mass is 9.78. The minimum absolute atomic E-state index is 0.0232. The molecule has 2 aliphatic heterocycles. The molecule has 0 radical (unpaired) electrons. The monoisotopic (exact) mass is 280 g/mol. The first-order chi connectivity index (χ1) is 10.3. The summed E-state index contributed by atoms with van der Waals surface area (Å²) in [5.74, 6) is -0.961. The number of aliphatic hydroxyl groups excluding tert-OH is 1. The number of hydrogen-bond donors (Lipinski definition) is 1. The van der Waals surface area contributed by atoms with Crippen molar-refractivity contribution in [3.8, 4) is 0 Å². The Kier molecular flexibility index (Phi) is 2.84. The summed E-state index contributed by atoms with van der Waals surface area (Å²) in [6.07, 6.45) is 2.74. The molecule has 2 aliphatic rings. The molecule has 3 nitrogen and oxygen atoms in total. The van der Waals surface area contributed by atoms with Crippen molar-refractivity contribution in [2.45, 2.75) is 18.0 Å². The molecule has 2 aromatic rings. The van der Waals surface area contributed by atoms with E-state index in [0.29, 0.717) is 0 Å². The maximum absolute atomic E-state index is 10.7. The van der Waals surface area contributed by atoms with Crippen molar-refractivity contribution in [1.82, 2.24) is 0 Å². The number of ether oxygens (including phenoxy) is 2. The van der Waals surface area contributed by atoms with Crippen molar-refractivity contribution in [3.63, 3.8) is 0 Å². The van der Waals surface area contributed by atoms with Crippen LogP contribution in [0, 0.1) is 5.92 Å². The molecule has 0 amide bonds. The second-order valence-corrected chi connectivity index (χ2v) is 5.46. The standard InChI is InChI=1S/C18H16O3/c19-17(14-9-5-2-6-10-14)18-15(11-12-20-18)16(21-18)13-7-3-1-4-8-13/h1-12,15-17,19H/t15-,16?,17+,18-/m0/s1. The Balaban J connectivity index is 1.62. The van der Waals surface area contributed by atoms with Crippen LogP contribution in [0.15, 0.2) is 73.0 Å². The Bertz CT molecular complexity index is 653. The molecular formula is C18H16O3. The summed E-state index contributed by atoms with van der Waals surface area (Å²) in [5.41, 5.74) is 1.91. The zero-order valence-corrected chi connectivity index (χ0v) is 11.4. The van der Waals surface area contributed by atoms with Gasteiger partial charge in [-0.05, 0) is 17.2 Å². The molecule has 21 heavy (non-hydrogen) atoms. The molecule has 2 heterocycles. The molecule has 0 saturated carbocycles. The Labute approximate surface area is 123 Å². The number of benzene rings is 2. The Hall–Kier alpha value is -2.10. The molecule has 106 valence electrons. The van der Waals surface area contributed by atoms with Gasteiger partial charge in [-0.3, -0.25) is 0 Å². The number of aliphatic hydroxyl groups is 1. The first kappa shape index (κ1) is 12.6. The molecule has 0 aromatic heterocycles. The van der Waals surface area contributed by atoms with Gasteiger partial charge >= 0.3 is 0 Å². The minimum atomic E-state index is -0.984. The lowest BCUT2D eigenvalue weighted by molar-refractivity contribution is -0.381. The molecule has 1 saturated heterocycles. The average molecular weight is 280 g/mol. The third kappa shape index (κ3) is 1.82. The van der Waals surface area contributed by atoms with Gasteiger partial charge in [-0.25, -0.2) is 0 Å². The highest BCUT2D eigenvalue weighted by Gasteiger charge is 2.63. The maximum Gasteiger partial charge on any atom is 0.249 e. The largest absolute Gasteiger partial charge is 0.466 e. The van der Waals surface area contributed by atoms with E-state index in [1.54, 1.807) is 6.26 Å². The molecule has 4 atom stereocenters. The van der Waals surface area contributed by atoms with Gasteiger partial charge in [-0.1, -0.05) is 60.7 Å². The summed E-state index contributed by atoms with van der Waals surface area (Å²) in [7, 11) is 0. The minimum Gasteiger partial charge on any atom is -0.466 e. The van der Waals surface area contributed by atoms with E-state index in [9.17, 15) is 5.11 Å². The average Bonchev–Trinajstić information content (AvgIpc) is 2.86. The summed E-state index contributed by atoms with van der Waals surface area (Å²) in [6.45, 7) is 0. The smallest absolute Gasteiger partial charge is 0.249 e. The van der Waals surface area contributed by atoms with Gasteiger partial charge in [0.2, 0.25) is 5.79 Å². The van der Waals surface area contributed by atoms with Crippen LogP contribution in [0.5, 0.6) is 0 Å². The summed E-state index contributed by atoms with van der Waals surface area (Å²) >= 11 is 0. The first-order valence-corrected chi connectivity index (χ1v) is 7.11. The van der Waals surface area contributed by atoms with Gasteiger partial charge < -0.3 is 14.6 Å². The van der Waals surface area contributed by atoms with Crippen molar-refractivity contribution in [2.75, 3.05) is 0 Å². The van der Waals surface area contributed by atoms with Crippen LogP contribution in [0.3, 0.4) is 0 Å². The zero-order chi connectivity index (χ0) is 14.3. The van der Waals surface area contributed by atoms with Crippen molar-refractivity contribution in [1.29, 1.82) is 0 Å². The van der Waals surface area contributed by atoms with Gasteiger partial charge in [-0.2, -0.15) is 0 Å². The van der Waals surface area contributed by atoms with Crippen LogP contribution >= 0.6 is 0 Å². The Morgan fingerprint density at radius 1 is 0.952 bits per heavy atom. The quantitative estimate of drug-likeness (QED) is 0.937. The topological polar surface area (TPSA) is 38.7 Å². The highest BCUT2D eigenvalue weighted by Crippen LogP contribution is 2.58. The fourth-order valence-electron chi connectivity index (χ4n) is 3.16. The van der Waals surface area contributed by atoms with E-state index in [0.717, 1.165) is 11.1 Å². The van der Waals surface area contributed by atoms with Crippen LogP contribution in [-0.2, 0) is 9.47 Å². The fraction of sp³-hybridized carbons (Fsp3) is 0.222. The molecule has 2 aromatic carbocycles. The molecule has 4 rings (SSSR count). The van der Waals surface area contributed by atoms with Crippen LogP contribution < -0.4 is 0 Å². The SMILES string of the molecule is O[C@H](c1ccccc1)[C@]12OC=C[C@H]1C(c1ccccc1)O2. The van der Waals surface area contributed by atoms with Gasteiger partial charge in [0.1, 0.15) is 6.10 Å². The second-order valence-electron chi connectivity index (χ2n) is 5.46. The summed E-state index contributed by atoms with van der Waals surface area (Å²) in [6, 6.07) is 19.5. The van der Waals surface area contributed by atoms with Crippen molar-refractivity contribution in [3.05, 3.63) is 84.1 Å². The summed E-state index contributed by atoms with van der Waals surface area (Å²) in [4.78, 5) is 0. The normalized spacial score (nSPS) is 31.1. The number of hydrogen-bond acceptors (Lipinski definition) is 3. The highest BCUT2D eigenvalue weighted by molar-refractivity contribution is 5.30. The lowest BCUT2D eigenvalue weighted by Gasteiger charge is -2.51. The van der Waals surface area contributed by atoms with Crippen molar-refractivity contribution in [2.24, 2.45) is 5.92 Å². The van der Waals surface area contributed by atoms with E-state index in [-0.39, 0.29) is 12.0 Å². The van der Waals surface area contributed by atoms with E-state index >= 15 is 0 Å². The van der Waals surface area contributed by atoms with Crippen LogP contribution in [0.4, 0.5) is 0 Å². The molecule has 0 spiro atoms. The van der Waals surface area contributed by atoms with Gasteiger partial charge in [0, 0.05) is 0 Å². The van der Waals surface area contributed by atoms with E-state index in [4.69, 9.17) is 9.47 Å². The molecule has 0 aliphatic carbocycles. The van der Waals surface area contributed by atoms with Crippen LogP contribution in [0.25, 0.3) is 0 Å². The van der Waals surface area contributed by atoms with Gasteiger partial charge in [0.15, 0.2) is 0 Å². The molecule has 1 fully saturated rings. The Morgan fingerprint density at radius 3 is 2.33 bits per heavy atom. The number of rotatable bonds is 3. The molecule has 1 N–H and O–H groups in total. The molecule has 0 bridgehead atoms. The van der Waals surface area contributed by atoms with E-state index < -0.39 is 11.9 Å². The molecule has 1 unspecified atom stereocenters. The third-order valence-electron chi connectivity index (χ3n) is 4.26.